The fourth-order valence-corrected chi connectivity index (χ4v) is 3.35. The number of nitro benzene ring substituents is 1. The highest BCUT2D eigenvalue weighted by Crippen LogP contribution is 2.30. The van der Waals surface area contributed by atoms with Crippen LogP contribution < -0.4 is 0 Å². The van der Waals surface area contributed by atoms with Gasteiger partial charge in [-0.2, -0.15) is 0 Å². The highest BCUT2D eigenvalue weighted by atomic mass is 79.9. The van der Waals surface area contributed by atoms with Gasteiger partial charge in [-0.25, -0.2) is 12.7 Å². The summed E-state index contributed by atoms with van der Waals surface area (Å²) < 4.78 is 25.8. The molecule has 0 spiro atoms. The van der Waals surface area contributed by atoms with E-state index in [9.17, 15) is 18.5 Å². The van der Waals surface area contributed by atoms with Crippen LogP contribution in [-0.2, 0) is 10.0 Å². The molecule has 0 N–H and O–H groups in total. The molecule has 0 amide bonds. The Hall–Kier alpha value is -0.700. The maximum atomic E-state index is 12.3. The minimum Gasteiger partial charge on any atom is -0.258 e. The van der Waals surface area contributed by atoms with Gasteiger partial charge in [-0.1, -0.05) is 27.5 Å². The molecular formula is C11H14BrClN2O4S. The predicted octanol–water partition coefficient (Wildman–Crippen LogP) is 2.96. The number of hydrogen-bond donors (Lipinski definition) is 0. The zero-order valence-electron chi connectivity index (χ0n) is 11.0. The Balaban J connectivity index is 3.29. The normalized spacial score (nSPS) is 11.8. The number of nitrogens with zero attached hydrogens (tertiary/aromatic N) is 2. The van der Waals surface area contributed by atoms with E-state index in [2.05, 4.69) is 15.9 Å². The maximum Gasteiger partial charge on any atom is 0.275 e. The van der Waals surface area contributed by atoms with Crippen LogP contribution in [0.5, 0.6) is 0 Å². The molecule has 9 heteroatoms. The third kappa shape index (κ3) is 3.69. The van der Waals surface area contributed by atoms with Gasteiger partial charge in [0.2, 0.25) is 10.0 Å². The van der Waals surface area contributed by atoms with Crippen molar-refractivity contribution in [2.24, 2.45) is 0 Å². The fraction of sp³-hybridized carbons (Fsp3) is 0.455. The van der Waals surface area contributed by atoms with Crippen molar-refractivity contribution in [3.8, 4) is 0 Å². The van der Waals surface area contributed by atoms with Crippen molar-refractivity contribution < 1.29 is 13.3 Å². The third-order valence-electron chi connectivity index (χ3n) is 2.80. The molecule has 0 radical (unpaired) electrons. The van der Waals surface area contributed by atoms with E-state index in [1.54, 1.807) is 0 Å². The van der Waals surface area contributed by atoms with Crippen molar-refractivity contribution >= 4 is 43.2 Å². The molecule has 20 heavy (non-hydrogen) atoms. The lowest BCUT2D eigenvalue weighted by molar-refractivity contribution is -0.385. The van der Waals surface area contributed by atoms with Crippen molar-refractivity contribution in [3.63, 3.8) is 0 Å². The lowest BCUT2D eigenvalue weighted by atomic mass is 10.2. The first-order valence-electron chi connectivity index (χ1n) is 5.68. The highest BCUT2D eigenvalue weighted by Gasteiger charge is 2.25. The summed E-state index contributed by atoms with van der Waals surface area (Å²) >= 11 is 9.10. The lowest BCUT2D eigenvalue weighted by Gasteiger charge is -2.17. The number of rotatable bonds is 6. The summed E-state index contributed by atoms with van der Waals surface area (Å²) in [6, 6.07) is 2.28. The standard InChI is InChI=1S/C11H14BrClN2O4S/c1-8-10(13)6-9(7-11(8)15(16)17)20(18,19)14(2)5-3-4-12/h6-7H,3-5H2,1-2H3. The Morgan fingerprint density at radius 1 is 1.45 bits per heavy atom. The summed E-state index contributed by atoms with van der Waals surface area (Å²) in [5.74, 6) is 0. The van der Waals surface area contributed by atoms with Gasteiger partial charge in [0.25, 0.3) is 5.69 Å². The van der Waals surface area contributed by atoms with Crippen LogP contribution in [0.4, 0.5) is 5.69 Å². The number of hydrogen-bond acceptors (Lipinski definition) is 4. The topological polar surface area (TPSA) is 80.5 Å². The van der Waals surface area contributed by atoms with Crippen molar-refractivity contribution in [2.75, 3.05) is 18.9 Å². The lowest BCUT2D eigenvalue weighted by Crippen LogP contribution is -2.28. The molecule has 0 saturated heterocycles. The number of halogens is 2. The molecule has 0 heterocycles. The van der Waals surface area contributed by atoms with Gasteiger partial charge in [-0.3, -0.25) is 10.1 Å². The summed E-state index contributed by atoms with van der Waals surface area (Å²) in [7, 11) is -2.35. The molecule has 1 rings (SSSR count). The van der Waals surface area contributed by atoms with Crippen LogP contribution in [-0.4, -0.2) is 36.6 Å². The van der Waals surface area contributed by atoms with Crippen LogP contribution in [0.1, 0.15) is 12.0 Å². The Labute approximate surface area is 131 Å². The molecule has 0 saturated carbocycles. The Morgan fingerprint density at radius 3 is 2.55 bits per heavy atom. The first-order valence-corrected chi connectivity index (χ1v) is 8.62. The number of benzene rings is 1. The SMILES string of the molecule is Cc1c(Cl)cc(S(=O)(=O)N(C)CCCBr)cc1[N+](=O)[O-]. The predicted molar refractivity (Wildman–Crippen MR) is 81.1 cm³/mol. The van der Waals surface area contributed by atoms with Gasteiger partial charge in [-0.15, -0.1) is 0 Å². The molecule has 0 unspecified atom stereocenters. The average Bonchev–Trinajstić information content (AvgIpc) is 2.38. The second-order valence-electron chi connectivity index (χ2n) is 4.18. The summed E-state index contributed by atoms with van der Waals surface area (Å²) in [4.78, 5) is 10.1. The van der Waals surface area contributed by atoms with Crippen molar-refractivity contribution in [1.29, 1.82) is 0 Å². The smallest absolute Gasteiger partial charge is 0.258 e. The van der Waals surface area contributed by atoms with Crippen molar-refractivity contribution in [2.45, 2.75) is 18.2 Å². The summed E-state index contributed by atoms with van der Waals surface area (Å²) in [5, 5.41) is 11.7. The van der Waals surface area contributed by atoms with E-state index < -0.39 is 14.9 Å². The molecule has 1 aromatic rings. The highest BCUT2D eigenvalue weighted by molar-refractivity contribution is 9.09. The summed E-state index contributed by atoms with van der Waals surface area (Å²) in [6.45, 7) is 1.79. The van der Waals surface area contributed by atoms with Gasteiger partial charge in [0.1, 0.15) is 0 Å². The zero-order valence-corrected chi connectivity index (χ0v) is 14.1. The molecule has 1 aromatic carbocycles. The molecule has 0 atom stereocenters. The minimum absolute atomic E-state index is 0.0617. The summed E-state index contributed by atoms with van der Waals surface area (Å²) in [6.07, 6.45) is 0.636. The molecule has 0 aliphatic rings. The second kappa shape index (κ2) is 6.84. The maximum absolute atomic E-state index is 12.3. The number of nitro groups is 1. The van der Waals surface area contributed by atoms with Gasteiger partial charge >= 0.3 is 0 Å². The van der Waals surface area contributed by atoms with Crippen LogP contribution in [0.2, 0.25) is 5.02 Å². The first kappa shape index (κ1) is 17.4. The fourth-order valence-electron chi connectivity index (χ4n) is 1.56. The molecule has 0 aliphatic heterocycles. The zero-order chi connectivity index (χ0) is 15.5. The van der Waals surface area contributed by atoms with Gasteiger partial charge in [0.05, 0.1) is 14.8 Å². The quantitative estimate of drug-likeness (QED) is 0.428. The van der Waals surface area contributed by atoms with E-state index in [0.717, 1.165) is 10.4 Å². The van der Waals surface area contributed by atoms with Crippen LogP contribution in [0, 0.1) is 17.0 Å². The van der Waals surface area contributed by atoms with Gasteiger partial charge in [0, 0.05) is 30.6 Å². The largest absolute Gasteiger partial charge is 0.275 e. The van der Waals surface area contributed by atoms with Gasteiger partial charge in [-0.05, 0) is 19.4 Å². The van der Waals surface area contributed by atoms with Crippen molar-refractivity contribution in [1.82, 2.24) is 4.31 Å². The molecule has 0 aromatic heterocycles. The van der Waals surface area contributed by atoms with Gasteiger partial charge in [0.15, 0.2) is 0 Å². The average molecular weight is 386 g/mol. The minimum atomic E-state index is -3.78. The molecule has 0 aliphatic carbocycles. The molecule has 0 bridgehead atoms. The van der Waals surface area contributed by atoms with E-state index in [-0.39, 0.29) is 21.2 Å². The van der Waals surface area contributed by atoms with E-state index in [0.29, 0.717) is 18.3 Å². The Kier molecular flexibility index (Phi) is 5.93. The number of sulfonamides is 1. The molecule has 112 valence electrons. The summed E-state index contributed by atoms with van der Waals surface area (Å²) in [5.41, 5.74) is -0.0521. The van der Waals surface area contributed by atoms with Crippen LogP contribution in [0.15, 0.2) is 17.0 Å². The Morgan fingerprint density at radius 2 is 2.05 bits per heavy atom. The van der Waals surface area contributed by atoms with E-state index in [1.165, 1.54) is 20.0 Å². The van der Waals surface area contributed by atoms with Crippen LogP contribution in [0.3, 0.4) is 0 Å². The molecule has 0 fully saturated rings. The first-order chi connectivity index (χ1) is 9.21. The molecular weight excluding hydrogens is 372 g/mol. The van der Waals surface area contributed by atoms with Gasteiger partial charge < -0.3 is 0 Å². The van der Waals surface area contributed by atoms with E-state index in [1.807, 2.05) is 0 Å². The van der Waals surface area contributed by atoms with Crippen LogP contribution >= 0.6 is 27.5 Å². The van der Waals surface area contributed by atoms with E-state index in [4.69, 9.17) is 11.6 Å². The Bertz CT molecular complexity index is 621. The van der Waals surface area contributed by atoms with Crippen molar-refractivity contribution in [3.05, 3.63) is 32.8 Å². The second-order valence-corrected chi connectivity index (χ2v) is 7.42. The van der Waals surface area contributed by atoms with E-state index >= 15 is 0 Å². The monoisotopic (exact) mass is 384 g/mol. The third-order valence-corrected chi connectivity index (χ3v) is 5.59. The number of alkyl halides is 1. The van der Waals surface area contributed by atoms with Crippen LogP contribution in [0.25, 0.3) is 0 Å². The molecule has 6 nitrogen and oxygen atoms in total.